The third-order valence-corrected chi connectivity index (χ3v) is 4.80. The molecule has 0 saturated heterocycles. The molecule has 0 aromatic heterocycles. The van der Waals surface area contributed by atoms with Crippen molar-refractivity contribution in [3.8, 4) is 5.75 Å². The van der Waals surface area contributed by atoms with E-state index in [-0.39, 0.29) is 24.2 Å². The van der Waals surface area contributed by atoms with E-state index in [1.807, 2.05) is 6.92 Å². The second kappa shape index (κ2) is 10.9. The Labute approximate surface area is 149 Å². The highest BCUT2D eigenvalue weighted by Gasteiger charge is 2.10. The summed E-state index contributed by atoms with van der Waals surface area (Å²) in [5.74, 6) is 0.727. The standard InChI is InChI=1S/C16H27FN4O3S/c1-4-14(24-15-8-6-7-13(17)11-15)12-20-16(18-3)19-9-10-21-25(22,23)5-2/h6-8,11,14,21H,4-5,9-10,12H2,1-3H3,(H2,18,19,20). The Hall–Kier alpha value is -1.87. The third kappa shape index (κ3) is 8.69. The maximum absolute atomic E-state index is 13.2. The molecule has 0 aliphatic carbocycles. The van der Waals surface area contributed by atoms with E-state index in [1.165, 1.54) is 12.1 Å². The van der Waals surface area contributed by atoms with Gasteiger partial charge in [-0.1, -0.05) is 13.0 Å². The predicted octanol–water partition coefficient (Wildman–Crippen LogP) is 1.09. The van der Waals surface area contributed by atoms with Crippen LogP contribution < -0.4 is 20.1 Å². The average molecular weight is 374 g/mol. The lowest BCUT2D eigenvalue weighted by Crippen LogP contribution is -2.44. The number of hydrogen-bond acceptors (Lipinski definition) is 4. The lowest BCUT2D eigenvalue weighted by Gasteiger charge is -2.20. The summed E-state index contributed by atoms with van der Waals surface area (Å²) in [5.41, 5.74) is 0. The lowest BCUT2D eigenvalue weighted by atomic mass is 10.2. The van der Waals surface area contributed by atoms with Crippen LogP contribution in [-0.2, 0) is 10.0 Å². The second-order valence-electron chi connectivity index (χ2n) is 5.28. The van der Waals surface area contributed by atoms with Crippen molar-refractivity contribution < 1.29 is 17.5 Å². The Kier molecular flexibility index (Phi) is 9.22. The first-order valence-electron chi connectivity index (χ1n) is 8.24. The van der Waals surface area contributed by atoms with E-state index in [9.17, 15) is 12.8 Å². The summed E-state index contributed by atoms with van der Waals surface area (Å²) in [4.78, 5) is 4.07. The first kappa shape index (κ1) is 21.2. The van der Waals surface area contributed by atoms with Crippen LogP contribution in [0.5, 0.6) is 5.75 Å². The summed E-state index contributed by atoms with van der Waals surface area (Å²) < 4.78 is 44.1. The van der Waals surface area contributed by atoms with Crippen molar-refractivity contribution in [2.75, 3.05) is 32.4 Å². The van der Waals surface area contributed by atoms with Crippen LogP contribution in [0, 0.1) is 5.82 Å². The highest BCUT2D eigenvalue weighted by atomic mass is 32.2. The van der Waals surface area contributed by atoms with Crippen LogP contribution in [-0.4, -0.2) is 52.9 Å². The third-order valence-electron chi connectivity index (χ3n) is 3.39. The highest BCUT2D eigenvalue weighted by molar-refractivity contribution is 7.89. The van der Waals surface area contributed by atoms with Crippen molar-refractivity contribution in [1.29, 1.82) is 0 Å². The number of ether oxygens (including phenoxy) is 1. The fraction of sp³-hybridized carbons (Fsp3) is 0.562. The molecule has 0 radical (unpaired) electrons. The van der Waals surface area contributed by atoms with Gasteiger partial charge in [0.05, 0.1) is 12.3 Å². The molecular weight excluding hydrogens is 347 g/mol. The Balaban J connectivity index is 2.39. The van der Waals surface area contributed by atoms with Crippen molar-refractivity contribution in [3.05, 3.63) is 30.1 Å². The summed E-state index contributed by atoms with van der Waals surface area (Å²) in [7, 11) is -1.57. The first-order chi connectivity index (χ1) is 11.9. The summed E-state index contributed by atoms with van der Waals surface area (Å²) in [6, 6.07) is 6.02. The van der Waals surface area contributed by atoms with E-state index >= 15 is 0 Å². The SMILES string of the molecule is CCC(CNC(=NC)NCCNS(=O)(=O)CC)Oc1cccc(F)c1. The van der Waals surface area contributed by atoms with Gasteiger partial charge in [-0.15, -0.1) is 0 Å². The van der Waals surface area contributed by atoms with Crippen LogP contribution >= 0.6 is 0 Å². The molecular formula is C16H27FN4O3S. The molecule has 0 aliphatic heterocycles. The molecule has 1 aromatic carbocycles. The number of nitrogens with zero attached hydrogens (tertiary/aromatic N) is 1. The van der Waals surface area contributed by atoms with Crippen LogP contribution in [0.4, 0.5) is 4.39 Å². The van der Waals surface area contributed by atoms with Gasteiger partial charge in [-0.2, -0.15) is 0 Å². The number of rotatable bonds is 10. The first-order valence-corrected chi connectivity index (χ1v) is 9.89. The number of guanidine groups is 1. The zero-order valence-electron chi connectivity index (χ0n) is 14.9. The maximum atomic E-state index is 13.2. The number of sulfonamides is 1. The molecule has 0 aliphatic rings. The molecule has 0 bridgehead atoms. The second-order valence-corrected chi connectivity index (χ2v) is 7.38. The van der Waals surface area contributed by atoms with Gasteiger partial charge >= 0.3 is 0 Å². The number of hydrogen-bond donors (Lipinski definition) is 3. The quantitative estimate of drug-likeness (QED) is 0.324. The normalized spacial score (nSPS) is 13.4. The molecule has 1 unspecified atom stereocenters. The van der Waals surface area contributed by atoms with E-state index in [1.54, 1.807) is 26.1 Å². The summed E-state index contributed by atoms with van der Waals surface area (Å²) in [6.45, 7) is 4.71. The minimum atomic E-state index is -3.19. The van der Waals surface area contributed by atoms with Gasteiger partial charge < -0.3 is 15.4 Å². The minimum Gasteiger partial charge on any atom is -0.489 e. The van der Waals surface area contributed by atoms with E-state index in [4.69, 9.17) is 4.74 Å². The molecule has 1 rings (SSSR count). The average Bonchev–Trinajstić information content (AvgIpc) is 2.60. The van der Waals surface area contributed by atoms with Crippen molar-refractivity contribution in [2.24, 2.45) is 4.99 Å². The molecule has 25 heavy (non-hydrogen) atoms. The molecule has 1 atom stereocenters. The molecule has 0 amide bonds. The Morgan fingerprint density at radius 2 is 2.04 bits per heavy atom. The van der Waals surface area contributed by atoms with E-state index < -0.39 is 10.0 Å². The smallest absolute Gasteiger partial charge is 0.211 e. The molecule has 1 aromatic rings. The number of aliphatic imine (C=N–C) groups is 1. The van der Waals surface area contributed by atoms with Crippen molar-refractivity contribution >= 4 is 16.0 Å². The zero-order valence-corrected chi connectivity index (χ0v) is 15.7. The maximum Gasteiger partial charge on any atom is 0.211 e. The van der Waals surface area contributed by atoms with E-state index in [0.29, 0.717) is 24.8 Å². The minimum absolute atomic E-state index is 0.0512. The van der Waals surface area contributed by atoms with Gasteiger partial charge in [-0.3, -0.25) is 4.99 Å². The monoisotopic (exact) mass is 374 g/mol. The van der Waals surface area contributed by atoms with Crippen molar-refractivity contribution in [2.45, 2.75) is 26.4 Å². The molecule has 0 spiro atoms. The van der Waals surface area contributed by atoms with Crippen LogP contribution in [0.15, 0.2) is 29.3 Å². The number of halogens is 1. The number of nitrogens with one attached hydrogen (secondary N) is 3. The largest absolute Gasteiger partial charge is 0.489 e. The fourth-order valence-corrected chi connectivity index (χ4v) is 2.54. The molecule has 142 valence electrons. The predicted molar refractivity (Wildman–Crippen MR) is 97.9 cm³/mol. The van der Waals surface area contributed by atoms with Crippen LogP contribution in [0.3, 0.4) is 0 Å². The summed E-state index contributed by atoms with van der Waals surface area (Å²) in [5, 5.41) is 6.12. The van der Waals surface area contributed by atoms with Gasteiger partial charge in [0.25, 0.3) is 0 Å². The van der Waals surface area contributed by atoms with Crippen molar-refractivity contribution in [1.82, 2.24) is 15.4 Å². The zero-order chi connectivity index (χ0) is 18.7. The van der Waals surface area contributed by atoms with Crippen LogP contribution in [0.25, 0.3) is 0 Å². The molecule has 9 heteroatoms. The van der Waals surface area contributed by atoms with E-state index in [2.05, 4.69) is 20.3 Å². The molecule has 7 nitrogen and oxygen atoms in total. The molecule has 0 saturated carbocycles. The van der Waals surface area contributed by atoms with Gasteiger partial charge in [-0.25, -0.2) is 17.5 Å². The highest BCUT2D eigenvalue weighted by Crippen LogP contribution is 2.14. The molecule has 3 N–H and O–H groups in total. The Morgan fingerprint density at radius 1 is 1.28 bits per heavy atom. The number of benzene rings is 1. The fourth-order valence-electron chi connectivity index (χ4n) is 1.92. The van der Waals surface area contributed by atoms with Crippen LogP contribution in [0.1, 0.15) is 20.3 Å². The van der Waals surface area contributed by atoms with Gasteiger partial charge in [0, 0.05) is 26.2 Å². The molecule has 0 heterocycles. The summed E-state index contributed by atoms with van der Waals surface area (Å²) >= 11 is 0. The summed E-state index contributed by atoms with van der Waals surface area (Å²) in [6.07, 6.45) is 0.579. The Morgan fingerprint density at radius 3 is 2.64 bits per heavy atom. The lowest BCUT2D eigenvalue weighted by molar-refractivity contribution is 0.199. The van der Waals surface area contributed by atoms with Gasteiger partial charge in [0.15, 0.2) is 5.96 Å². The van der Waals surface area contributed by atoms with Crippen molar-refractivity contribution in [3.63, 3.8) is 0 Å². The van der Waals surface area contributed by atoms with E-state index in [0.717, 1.165) is 6.42 Å². The topological polar surface area (TPSA) is 91.8 Å². The van der Waals surface area contributed by atoms with Gasteiger partial charge in [0.1, 0.15) is 17.7 Å². The van der Waals surface area contributed by atoms with Gasteiger partial charge in [-0.05, 0) is 25.5 Å². The molecule has 0 fully saturated rings. The van der Waals surface area contributed by atoms with Crippen LogP contribution in [0.2, 0.25) is 0 Å². The van der Waals surface area contributed by atoms with Gasteiger partial charge in [0.2, 0.25) is 10.0 Å². The Bertz CT molecular complexity index is 653.